The fraction of sp³-hybridized carbons (Fsp3) is 0.375. The first kappa shape index (κ1) is 8.15. The van der Waals surface area contributed by atoms with Crippen LogP contribution in [0.2, 0.25) is 0 Å². The van der Waals surface area contributed by atoms with Crippen molar-refractivity contribution in [3.8, 4) is 0 Å². The fourth-order valence-electron chi connectivity index (χ4n) is 0.328. The van der Waals surface area contributed by atoms with Crippen molar-refractivity contribution in [2.75, 3.05) is 0 Å². The van der Waals surface area contributed by atoms with Gasteiger partial charge in [-0.2, -0.15) is 0 Å². The van der Waals surface area contributed by atoms with E-state index in [2.05, 4.69) is 4.99 Å². The molecule has 0 amide bonds. The zero-order valence-electron chi connectivity index (χ0n) is 6.26. The molecule has 0 aromatic rings. The van der Waals surface area contributed by atoms with Gasteiger partial charge >= 0.3 is 0 Å². The van der Waals surface area contributed by atoms with E-state index in [0.717, 1.165) is 0 Å². The molecule has 0 atom stereocenters. The van der Waals surface area contributed by atoms with Gasteiger partial charge in [-0.05, 0) is 26.8 Å². The molecule has 0 unspecified atom stereocenters. The van der Waals surface area contributed by atoms with Gasteiger partial charge < -0.3 is 0 Å². The molecule has 9 heavy (non-hydrogen) atoms. The Bertz CT molecular complexity index is 137. The minimum Gasteiger partial charge on any atom is -0.265 e. The molecule has 0 aromatic heterocycles. The molecule has 0 saturated carbocycles. The summed E-state index contributed by atoms with van der Waals surface area (Å²) in [6.45, 7) is 6.03. The smallest absolute Gasteiger partial charge is 0.0266 e. The van der Waals surface area contributed by atoms with E-state index in [1.165, 1.54) is 5.57 Å². The monoisotopic (exact) mass is 123 g/mol. The first-order valence-electron chi connectivity index (χ1n) is 3.05. The van der Waals surface area contributed by atoms with Gasteiger partial charge in [0.25, 0.3) is 0 Å². The van der Waals surface area contributed by atoms with Gasteiger partial charge in [0.05, 0.1) is 0 Å². The zero-order valence-corrected chi connectivity index (χ0v) is 6.26. The van der Waals surface area contributed by atoms with Gasteiger partial charge in [0.1, 0.15) is 0 Å². The van der Waals surface area contributed by atoms with E-state index in [4.69, 9.17) is 0 Å². The van der Waals surface area contributed by atoms with Crippen LogP contribution in [0.4, 0.5) is 0 Å². The average Bonchev–Trinajstić information content (AvgIpc) is 1.80. The third-order valence-electron chi connectivity index (χ3n) is 0.729. The predicted molar refractivity (Wildman–Crippen MR) is 42.7 cm³/mol. The van der Waals surface area contributed by atoms with Crippen LogP contribution < -0.4 is 0 Å². The van der Waals surface area contributed by atoms with Crippen LogP contribution in [-0.2, 0) is 0 Å². The first-order chi connectivity index (χ1) is 4.27. The van der Waals surface area contributed by atoms with E-state index >= 15 is 0 Å². The van der Waals surface area contributed by atoms with Crippen LogP contribution in [0.25, 0.3) is 0 Å². The van der Waals surface area contributed by atoms with Crippen molar-refractivity contribution in [2.45, 2.75) is 20.8 Å². The first-order valence-corrected chi connectivity index (χ1v) is 3.05. The number of rotatable bonds is 2. The van der Waals surface area contributed by atoms with Crippen LogP contribution in [0.1, 0.15) is 20.8 Å². The molecule has 0 heterocycles. The minimum atomic E-state index is 1.27. The van der Waals surface area contributed by atoms with E-state index in [1.54, 1.807) is 12.4 Å². The Morgan fingerprint density at radius 1 is 1.33 bits per heavy atom. The maximum absolute atomic E-state index is 3.95. The van der Waals surface area contributed by atoms with Crippen molar-refractivity contribution < 1.29 is 0 Å². The molecule has 0 rings (SSSR count). The van der Waals surface area contributed by atoms with E-state index in [-0.39, 0.29) is 0 Å². The highest BCUT2D eigenvalue weighted by Crippen LogP contribution is 1.84. The van der Waals surface area contributed by atoms with Gasteiger partial charge in [0, 0.05) is 12.4 Å². The minimum absolute atomic E-state index is 1.27. The molecular weight excluding hydrogens is 110 g/mol. The molecule has 0 fully saturated rings. The Morgan fingerprint density at radius 3 is 2.44 bits per heavy atom. The molecule has 0 saturated heterocycles. The third kappa shape index (κ3) is 7.15. The van der Waals surface area contributed by atoms with E-state index < -0.39 is 0 Å². The molecule has 0 aromatic carbocycles. The molecule has 0 aliphatic carbocycles. The van der Waals surface area contributed by atoms with Crippen molar-refractivity contribution in [3.05, 3.63) is 23.9 Å². The second kappa shape index (κ2) is 5.29. The summed E-state index contributed by atoms with van der Waals surface area (Å²) in [5.41, 5.74) is 1.27. The van der Waals surface area contributed by atoms with Crippen LogP contribution in [0.15, 0.2) is 28.9 Å². The molecule has 0 aliphatic heterocycles. The Kier molecular flexibility index (Phi) is 4.79. The molecule has 0 spiro atoms. The molecule has 0 radical (unpaired) electrons. The highest BCUT2D eigenvalue weighted by molar-refractivity contribution is 5.72. The number of allylic oxidation sites excluding steroid dienone is 3. The Morgan fingerprint density at radius 2 is 2.00 bits per heavy atom. The van der Waals surface area contributed by atoms with E-state index in [0.29, 0.717) is 0 Å². The summed E-state index contributed by atoms with van der Waals surface area (Å²) in [5, 5.41) is 0. The van der Waals surface area contributed by atoms with Gasteiger partial charge in [-0.3, -0.25) is 4.99 Å². The van der Waals surface area contributed by atoms with Crippen molar-refractivity contribution in [1.29, 1.82) is 0 Å². The zero-order chi connectivity index (χ0) is 7.11. The summed E-state index contributed by atoms with van der Waals surface area (Å²) in [7, 11) is 0. The van der Waals surface area contributed by atoms with Gasteiger partial charge in [-0.15, -0.1) is 0 Å². The van der Waals surface area contributed by atoms with Crippen LogP contribution in [-0.4, -0.2) is 6.21 Å². The van der Waals surface area contributed by atoms with E-state index in [9.17, 15) is 0 Å². The molecular formula is C8H13N. The Labute approximate surface area is 56.8 Å². The Hall–Kier alpha value is -0.850. The lowest BCUT2D eigenvalue weighted by atomic mass is 10.3. The molecule has 50 valence electrons. The van der Waals surface area contributed by atoms with Gasteiger partial charge in [0.15, 0.2) is 0 Å². The second-order valence-electron chi connectivity index (χ2n) is 2.02. The van der Waals surface area contributed by atoms with Gasteiger partial charge in [0.2, 0.25) is 0 Å². The fourth-order valence-corrected chi connectivity index (χ4v) is 0.328. The molecule has 0 bridgehead atoms. The summed E-state index contributed by atoms with van der Waals surface area (Å²) in [5.74, 6) is 0. The maximum atomic E-state index is 3.95. The summed E-state index contributed by atoms with van der Waals surface area (Å²) in [6.07, 6.45) is 7.42. The van der Waals surface area contributed by atoms with Crippen LogP contribution in [0.5, 0.6) is 0 Å². The maximum Gasteiger partial charge on any atom is 0.0266 e. The molecule has 1 nitrogen and oxygen atoms in total. The third-order valence-corrected chi connectivity index (χ3v) is 0.729. The predicted octanol–water partition coefficient (Wildman–Crippen LogP) is 2.56. The normalized spacial score (nSPS) is 11.0. The Balaban J connectivity index is 3.60. The number of hydrogen-bond donors (Lipinski definition) is 0. The highest BCUT2D eigenvalue weighted by Gasteiger charge is 1.67. The van der Waals surface area contributed by atoms with Crippen LogP contribution >= 0.6 is 0 Å². The standard InChI is InChI=1S/C8H13N/c1-4-6-9-7-5-8(2)3/h4-7H,1-3H3/b6-4?,9-7-. The number of nitrogens with zero attached hydrogens (tertiary/aromatic N) is 1. The van der Waals surface area contributed by atoms with Gasteiger partial charge in [-0.25, -0.2) is 0 Å². The number of hydrogen-bond acceptors (Lipinski definition) is 1. The lowest BCUT2D eigenvalue weighted by molar-refractivity contribution is 1.40. The molecule has 1 heteroatoms. The van der Waals surface area contributed by atoms with Crippen molar-refractivity contribution in [3.63, 3.8) is 0 Å². The number of aliphatic imine (C=N–C) groups is 1. The summed E-state index contributed by atoms with van der Waals surface area (Å²) < 4.78 is 0. The highest BCUT2D eigenvalue weighted by atomic mass is 14.6. The van der Waals surface area contributed by atoms with Crippen molar-refractivity contribution in [1.82, 2.24) is 0 Å². The largest absolute Gasteiger partial charge is 0.265 e. The van der Waals surface area contributed by atoms with Crippen LogP contribution in [0, 0.1) is 0 Å². The summed E-state index contributed by atoms with van der Waals surface area (Å²) in [6, 6.07) is 0. The van der Waals surface area contributed by atoms with Crippen LogP contribution in [0.3, 0.4) is 0 Å². The van der Waals surface area contributed by atoms with Gasteiger partial charge in [-0.1, -0.05) is 11.6 Å². The molecule has 0 aliphatic rings. The lowest BCUT2D eigenvalue weighted by Crippen LogP contribution is -1.65. The van der Waals surface area contributed by atoms with Crippen molar-refractivity contribution >= 4 is 6.21 Å². The van der Waals surface area contributed by atoms with E-state index in [1.807, 2.05) is 32.9 Å². The lowest BCUT2D eigenvalue weighted by Gasteiger charge is -1.78. The summed E-state index contributed by atoms with van der Waals surface area (Å²) >= 11 is 0. The quantitative estimate of drug-likeness (QED) is 0.500. The molecule has 0 N–H and O–H groups in total. The topological polar surface area (TPSA) is 12.4 Å². The summed E-state index contributed by atoms with van der Waals surface area (Å²) in [4.78, 5) is 3.95. The SMILES string of the molecule is CC=C/N=C\C=C(C)C. The second-order valence-corrected chi connectivity index (χ2v) is 2.02. The average molecular weight is 123 g/mol. The van der Waals surface area contributed by atoms with Crippen molar-refractivity contribution in [2.24, 2.45) is 4.99 Å².